The van der Waals surface area contributed by atoms with E-state index in [1.807, 2.05) is 12.1 Å². The van der Waals surface area contributed by atoms with Crippen molar-refractivity contribution in [3.05, 3.63) is 65.7 Å². The van der Waals surface area contributed by atoms with Crippen LogP contribution in [0.2, 0.25) is 0 Å². The Morgan fingerprint density at radius 2 is 1.79 bits per heavy atom. The van der Waals surface area contributed by atoms with Gasteiger partial charge in [-0.05, 0) is 30.7 Å². The molecule has 1 N–H and O–H groups in total. The van der Waals surface area contributed by atoms with E-state index >= 15 is 0 Å². The minimum Gasteiger partial charge on any atom is -0.326 e. The number of anilines is 1. The first-order valence-corrected chi connectivity index (χ1v) is 10.5. The first kappa shape index (κ1) is 20.8. The van der Waals surface area contributed by atoms with Crippen LogP contribution in [0.1, 0.15) is 27.9 Å². The van der Waals surface area contributed by atoms with E-state index in [1.165, 1.54) is 31.1 Å². The van der Waals surface area contributed by atoms with Crippen LogP contribution in [0.5, 0.6) is 0 Å². The maximum absolute atomic E-state index is 12.5. The highest BCUT2D eigenvalue weighted by Crippen LogP contribution is 2.31. The molecule has 0 unspecified atom stereocenters. The van der Waals surface area contributed by atoms with Crippen molar-refractivity contribution in [1.29, 1.82) is 0 Å². The van der Waals surface area contributed by atoms with Crippen LogP contribution in [0.15, 0.2) is 53.9 Å². The lowest BCUT2D eigenvalue weighted by molar-refractivity contribution is -0.116. The highest BCUT2D eigenvalue weighted by atomic mass is 32.2. The Bertz CT molecular complexity index is 1070. The molecule has 2 aromatic carbocycles. The minimum atomic E-state index is -3.60. The summed E-state index contributed by atoms with van der Waals surface area (Å²) < 4.78 is 25.8. The predicted molar refractivity (Wildman–Crippen MR) is 112 cm³/mol. The van der Waals surface area contributed by atoms with Gasteiger partial charge < -0.3 is 10.2 Å². The van der Waals surface area contributed by atoms with Gasteiger partial charge in [0, 0.05) is 49.6 Å². The molecule has 0 spiro atoms. The van der Waals surface area contributed by atoms with Crippen molar-refractivity contribution in [3.8, 4) is 0 Å². The second-order valence-corrected chi connectivity index (χ2v) is 9.16. The summed E-state index contributed by atoms with van der Waals surface area (Å²) in [4.78, 5) is 26.6. The van der Waals surface area contributed by atoms with Crippen LogP contribution in [0, 0.1) is 6.92 Å². The number of hydrogen-bond acceptors (Lipinski definition) is 4. The number of benzene rings is 2. The third-order valence-electron chi connectivity index (χ3n) is 4.86. The summed E-state index contributed by atoms with van der Waals surface area (Å²) in [6.07, 6.45) is 0.0584. The fraction of sp³-hybridized carbons (Fsp3) is 0.238. The van der Waals surface area contributed by atoms with Gasteiger partial charge in [0.15, 0.2) is 0 Å². The van der Waals surface area contributed by atoms with E-state index in [4.69, 9.17) is 0 Å². The second kappa shape index (κ2) is 7.81. The standard InChI is InChI=1S/C21H23N3O4S/c1-14-9-10-16(29(27,28)23(3)4)13-19(14)22-20(25)11-12-24-15(2)17-7-5-6-8-18(17)21(24)26/h5-10,13H,2,11-12H2,1,3-4H3,(H,22,25). The van der Waals surface area contributed by atoms with Gasteiger partial charge in [-0.2, -0.15) is 0 Å². The van der Waals surface area contributed by atoms with E-state index in [0.29, 0.717) is 16.9 Å². The Balaban J connectivity index is 1.69. The number of nitrogens with zero attached hydrogens (tertiary/aromatic N) is 2. The van der Waals surface area contributed by atoms with Crippen LogP contribution < -0.4 is 5.32 Å². The lowest BCUT2D eigenvalue weighted by Crippen LogP contribution is -2.27. The molecule has 0 fully saturated rings. The molecule has 0 radical (unpaired) electrons. The molecule has 0 atom stereocenters. The van der Waals surface area contributed by atoms with Crippen LogP contribution >= 0.6 is 0 Å². The molecule has 0 saturated carbocycles. The molecule has 2 aromatic rings. The van der Waals surface area contributed by atoms with Crippen LogP contribution in [-0.2, 0) is 14.8 Å². The Morgan fingerprint density at radius 1 is 1.14 bits per heavy atom. The Hall–Kier alpha value is -2.97. The Kier molecular flexibility index (Phi) is 5.59. The first-order chi connectivity index (χ1) is 13.6. The van der Waals surface area contributed by atoms with Gasteiger partial charge in [-0.15, -0.1) is 0 Å². The number of aryl methyl sites for hydroxylation is 1. The molecule has 1 aliphatic rings. The summed E-state index contributed by atoms with van der Waals surface area (Å²) in [6, 6.07) is 11.8. The molecular weight excluding hydrogens is 390 g/mol. The van der Waals surface area contributed by atoms with Gasteiger partial charge >= 0.3 is 0 Å². The molecule has 0 aliphatic carbocycles. The molecule has 152 valence electrons. The number of carbonyl (C=O) groups is 2. The second-order valence-electron chi connectivity index (χ2n) is 7.01. The lowest BCUT2D eigenvalue weighted by Gasteiger charge is -2.18. The van der Waals surface area contributed by atoms with E-state index in [0.717, 1.165) is 15.4 Å². The molecule has 0 aromatic heterocycles. The van der Waals surface area contributed by atoms with Gasteiger partial charge in [-0.1, -0.05) is 30.8 Å². The topological polar surface area (TPSA) is 86.8 Å². The number of hydrogen-bond donors (Lipinski definition) is 1. The zero-order valence-electron chi connectivity index (χ0n) is 16.6. The number of rotatable bonds is 6. The average Bonchev–Trinajstić information content (AvgIpc) is 2.92. The normalized spacial score (nSPS) is 13.7. The predicted octanol–water partition coefficient (Wildman–Crippen LogP) is 2.70. The van der Waals surface area contributed by atoms with E-state index in [1.54, 1.807) is 25.1 Å². The number of amides is 2. The van der Waals surface area contributed by atoms with E-state index in [-0.39, 0.29) is 29.7 Å². The summed E-state index contributed by atoms with van der Waals surface area (Å²) in [5.41, 5.74) is 3.09. The van der Waals surface area contributed by atoms with E-state index in [9.17, 15) is 18.0 Å². The van der Waals surface area contributed by atoms with Crippen LogP contribution in [0.3, 0.4) is 0 Å². The molecule has 3 rings (SSSR count). The van der Waals surface area contributed by atoms with Crippen molar-refractivity contribution in [2.45, 2.75) is 18.2 Å². The fourth-order valence-electron chi connectivity index (χ4n) is 3.10. The largest absolute Gasteiger partial charge is 0.326 e. The number of fused-ring (bicyclic) bond motifs is 1. The zero-order chi connectivity index (χ0) is 21.3. The monoisotopic (exact) mass is 413 g/mol. The molecule has 29 heavy (non-hydrogen) atoms. The minimum absolute atomic E-state index is 0.0584. The summed E-state index contributed by atoms with van der Waals surface area (Å²) in [5.74, 6) is -0.488. The van der Waals surface area contributed by atoms with E-state index in [2.05, 4.69) is 11.9 Å². The number of carbonyl (C=O) groups excluding carboxylic acids is 2. The molecule has 0 saturated heterocycles. The van der Waals surface area contributed by atoms with Gasteiger partial charge in [0.05, 0.1) is 4.90 Å². The first-order valence-electron chi connectivity index (χ1n) is 9.06. The van der Waals surface area contributed by atoms with Gasteiger partial charge in [-0.25, -0.2) is 12.7 Å². The van der Waals surface area contributed by atoms with Gasteiger partial charge in [0.1, 0.15) is 0 Å². The fourth-order valence-corrected chi connectivity index (χ4v) is 4.03. The summed E-state index contributed by atoms with van der Waals surface area (Å²) in [6.45, 7) is 5.93. The SMILES string of the molecule is C=C1c2ccccc2C(=O)N1CCC(=O)Nc1cc(S(=O)(=O)N(C)C)ccc1C. The van der Waals surface area contributed by atoms with E-state index < -0.39 is 10.0 Å². The smallest absolute Gasteiger partial charge is 0.258 e. The van der Waals surface area contributed by atoms with Crippen molar-refractivity contribution >= 4 is 33.2 Å². The third kappa shape index (κ3) is 3.94. The highest BCUT2D eigenvalue weighted by Gasteiger charge is 2.30. The van der Waals surface area contributed by atoms with Gasteiger partial charge in [0.25, 0.3) is 5.91 Å². The molecule has 1 aliphatic heterocycles. The maximum atomic E-state index is 12.5. The van der Waals surface area contributed by atoms with Crippen molar-refractivity contribution < 1.29 is 18.0 Å². The number of sulfonamides is 1. The maximum Gasteiger partial charge on any atom is 0.258 e. The van der Waals surface area contributed by atoms with Crippen molar-refractivity contribution in [2.75, 3.05) is 26.0 Å². The summed E-state index contributed by atoms with van der Waals surface area (Å²) in [5, 5.41) is 2.75. The number of nitrogens with one attached hydrogen (secondary N) is 1. The van der Waals surface area contributed by atoms with Gasteiger partial charge in [0.2, 0.25) is 15.9 Å². The highest BCUT2D eigenvalue weighted by molar-refractivity contribution is 7.89. The Morgan fingerprint density at radius 3 is 2.41 bits per heavy atom. The van der Waals surface area contributed by atoms with Crippen molar-refractivity contribution in [1.82, 2.24) is 9.21 Å². The van der Waals surface area contributed by atoms with Crippen LogP contribution in [0.4, 0.5) is 5.69 Å². The van der Waals surface area contributed by atoms with Gasteiger partial charge in [-0.3, -0.25) is 9.59 Å². The van der Waals surface area contributed by atoms with Crippen molar-refractivity contribution in [2.24, 2.45) is 0 Å². The van der Waals surface area contributed by atoms with Crippen molar-refractivity contribution in [3.63, 3.8) is 0 Å². The lowest BCUT2D eigenvalue weighted by atomic mass is 10.1. The van der Waals surface area contributed by atoms with Crippen LogP contribution in [0.25, 0.3) is 5.70 Å². The molecule has 2 amide bonds. The Labute approximate surface area is 170 Å². The molecular formula is C21H23N3O4S. The third-order valence-corrected chi connectivity index (χ3v) is 6.67. The molecule has 7 nitrogen and oxygen atoms in total. The average molecular weight is 413 g/mol. The van der Waals surface area contributed by atoms with Crippen LogP contribution in [-0.4, -0.2) is 50.1 Å². The molecule has 0 bridgehead atoms. The summed E-state index contributed by atoms with van der Waals surface area (Å²) >= 11 is 0. The zero-order valence-corrected chi connectivity index (χ0v) is 17.4. The molecule has 1 heterocycles. The summed E-state index contributed by atoms with van der Waals surface area (Å²) in [7, 11) is -0.705. The molecule has 8 heteroatoms. The quantitative estimate of drug-likeness (QED) is 0.789.